The number of ether oxygens (including phenoxy) is 1. The lowest BCUT2D eigenvalue weighted by Crippen LogP contribution is -2.28. The monoisotopic (exact) mass is 378 g/mol. The van der Waals surface area contributed by atoms with Crippen LogP contribution in [0.25, 0.3) is 0 Å². The Hall–Kier alpha value is -1.60. The molecular formula is C27H38O. The summed E-state index contributed by atoms with van der Waals surface area (Å²) in [6, 6.07) is 10.9. The van der Waals surface area contributed by atoms with Gasteiger partial charge >= 0.3 is 0 Å². The van der Waals surface area contributed by atoms with Crippen LogP contribution in [0.2, 0.25) is 0 Å². The zero-order valence-corrected chi connectivity index (χ0v) is 18.3. The van der Waals surface area contributed by atoms with Crippen molar-refractivity contribution in [2.24, 2.45) is 11.8 Å². The molecule has 0 radical (unpaired) electrons. The van der Waals surface area contributed by atoms with Gasteiger partial charge in [-0.25, -0.2) is 0 Å². The highest BCUT2D eigenvalue weighted by atomic mass is 16.6. The number of benzene rings is 1. The molecule has 1 fully saturated rings. The number of hydrogen-bond acceptors (Lipinski definition) is 1. The van der Waals surface area contributed by atoms with Crippen molar-refractivity contribution < 1.29 is 4.74 Å². The minimum Gasteiger partial charge on any atom is -0.366 e. The Balaban J connectivity index is 1.86. The summed E-state index contributed by atoms with van der Waals surface area (Å²) >= 11 is 0. The Morgan fingerprint density at radius 2 is 1.75 bits per heavy atom. The average molecular weight is 379 g/mol. The van der Waals surface area contributed by atoms with Crippen LogP contribution in [0.4, 0.5) is 0 Å². The first kappa shape index (κ1) is 21.1. The lowest BCUT2D eigenvalue weighted by molar-refractivity contribution is 0.244. The third-order valence-corrected chi connectivity index (χ3v) is 6.81. The van der Waals surface area contributed by atoms with Gasteiger partial charge < -0.3 is 4.74 Å². The third kappa shape index (κ3) is 5.47. The zero-order chi connectivity index (χ0) is 20.1. The summed E-state index contributed by atoms with van der Waals surface area (Å²) in [5.41, 5.74) is 5.80. The van der Waals surface area contributed by atoms with Crippen molar-refractivity contribution in [2.75, 3.05) is 0 Å². The molecule has 1 unspecified atom stereocenters. The van der Waals surface area contributed by atoms with E-state index in [1.165, 1.54) is 35.1 Å². The van der Waals surface area contributed by atoms with E-state index >= 15 is 0 Å². The smallest absolute Gasteiger partial charge is 0.0926 e. The van der Waals surface area contributed by atoms with Gasteiger partial charge in [0.15, 0.2) is 0 Å². The lowest BCUT2D eigenvalue weighted by Gasteiger charge is -2.28. The van der Waals surface area contributed by atoms with Gasteiger partial charge in [0.05, 0.1) is 11.7 Å². The topological polar surface area (TPSA) is 12.5 Å². The summed E-state index contributed by atoms with van der Waals surface area (Å²) in [6.07, 6.45) is 13.2. The van der Waals surface area contributed by atoms with Crippen LogP contribution in [0.3, 0.4) is 0 Å². The van der Waals surface area contributed by atoms with Crippen molar-refractivity contribution in [3.8, 4) is 0 Å². The standard InChI is InChI=1S/C27H38O/c1-20(2)24-17-16-22(4)12-9-11-21(3)13-10-18-27(5)26(28-27)25(24)19-23-14-7-6-8-15-23/h6-8,12-15,24-26H,1,9-11,16-19H2,2-5H3/b21-13+,22-12+/t24?,25-,26+,27+/m1/s1. The van der Waals surface area contributed by atoms with Gasteiger partial charge in [-0.15, -0.1) is 0 Å². The highest BCUT2D eigenvalue weighted by molar-refractivity contribution is 5.20. The molecule has 0 spiro atoms. The Kier molecular flexibility index (Phi) is 6.99. The van der Waals surface area contributed by atoms with Crippen LogP contribution in [0, 0.1) is 11.8 Å². The summed E-state index contributed by atoms with van der Waals surface area (Å²) in [7, 11) is 0. The van der Waals surface area contributed by atoms with Gasteiger partial charge in [0.2, 0.25) is 0 Å². The van der Waals surface area contributed by atoms with Crippen LogP contribution in [0.15, 0.2) is 65.8 Å². The molecule has 0 saturated carbocycles. The SMILES string of the molecule is C=C(C)C1CC/C(C)=C/CC/C(C)=C/CC[C@]2(C)O[C@H]2[C@@H]1Cc1ccccc1. The molecule has 1 aliphatic carbocycles. The quantitative estimate of drug-likeness (QED) is 0.393. The molecule has 28 heavy (non-hydrogen) atoms. The van der Waals surface area contributed by atoms with E-state index in [4.69, 9.17) is 4.74 Å². The summed E-state index contributed by atoms with van der Waals surface area (Å²) < 4.78 is 6.42. The molecule has 3 rings (SSSR count). The van der Waals surface area contributed by atoms with E-state index in [0.717, 1.165) is 32.1 Å². The summed E-state index contributed by atoms with van der Waals surface area (Å²) in [4.78, 5) is 0. The molecule has 0 bridgehead atoms. The van der Waals surface area contributed by atoms with Crippen LogP contribution in [0.5, 0.6) is 0 Å². The second-order valence-corrected chi connectivity index (χ2v) is 9.37. The highest BCUT2D eigenvalue weighted by Gasteiger charge is 2.56. The molecule has 1 heterocycles. The van der Waals surface area contributed by atoms with Gasteiger partial charge in [-0.2, -0.15) is 0 Å². The number of epoxide rings is 1. The first-order chi connectivity index (χ1) is 13.4. The molecule has 1 heteroatoms. The second-order valence-electron chi connectivity index (χ2n) is 9.37. The van der Waals surface area contributed by atoms with Crippen molar-refractivity contribution in [3.05, 3.63) is 71.3 Å². The fourth-order valence-corrected chi connectivity index (χ4v) is 4.91. The largest absolute Gasteiger partial charge is 0.366 e. The van der Waals surface area contributed by atoms with E-state index in [1.54, 1.807) is 0 Å². The van der Waals surface area contributed by atoms with Crippen molar-refractivity contribution in [3.63, 3.8) is 0 Å². The van der Waals surface area contributed by atoms with Crippen molar-refractivity contribution >= 4 is 0 Å². The molecule has 4 atom stereocenters. The molecular weight excluding hydrogens is 340 g/mol. The van der Waals surface area contributed by atoms with Crippen LogP contribution < -0.4 is 0 Å². The van der Waals surface area contributed by atoms with Gasteiger partial charge in [-0.1, -0.05) is 65.8 Å². The highest BCUT2D eigenvalue weighted by Crippen LogP contribution is 2.50. The Labute approximate surface area is 172 Å². The number of fused-ring (bicyclic) bond motifs is 1. The van der Waals surface area contributed by atoms with Gasteiger partial charge in [0.25, 0.3) is 0 Å². The van der Waals surface area contributed by atoms with Crippen LogP contribution in [-0.2, 0) is 11.2 Å². The molecule has 1 aromatic rings. The van der Waals surface area contributed by atoms with Crippen LogP contribution >= 0.6 is 0 Å². The minimum absolute atomic E-state index is 0.0267. The van der Waals surface area contributed by atoms with E-state index in [-0.39, 0.29) is 5.60 Å². The van der Waals surface area contributed by atoms with Crippen LogP contribution in [0.1, 0.15) is 71.8 Å². The van der Waals surface area contributed by atoms with Crippen LogP contribution in [-0.4, -0.2) is 11.7 Å². The third-order valence-electron chi connectivity index (χ3n) is 6.81. The van der Waals surface area contributed by atoms with E-state index in [0.29, 0.717) is 17.9 Å². The fourth-order valence-electron chi connectivity index (χ4n) is 4.91. The maximum Gasteiger partial charge on any atom is 0.0926 e. The maximum atomic E-state index is 6.42. The maximum absolute atomic E-state index is 6.42. The van der Waals surface area contributed by atoms with Gasteiger partial charge in [-0.05, 0) is 90.0 Å². The molecule has 1 saturated heterocycles. The van der Waals surface area contributed by atoms with E-state index in [9.17, 15) is 0 Å². The molecule has 0 amide bonds. The zero-order valence-electron chi connectivity index (χ0n) is 18.3. The second kappa shape index (κ2) is 9.27. The molecule has 152 valence electrons. The molecule has 1 aromatic carbocycles. The predicted octanol–water partition coefficient (Wildman–Crippen LogP) is 7.44. The van der Waals surface area contributed by atoms with E-state index < -0.39 is 0 Å². The lowest BCUT2D eigenvalue weighted by atomic mass is 9.74. The first-order valence-corrected chi connectivity index (χ1v) is 11.1. The average Bonchev–Trinajstić information content (AvgIpc) is 3.32. The summed E-state index contributed by atoms with van der Waals surface area (Å²) in [5.74, 6) is 1.02. The molecule has 0 aromatic heterocycles. The van der Waals surface area contributed by atoms with Crippen molar-refractivity contribution in [1.29, 1.82) is 0 Å². The Morgan fingerprint density at radius 1 is 1.07 bits per heavy atom. The minimum atomic E-state index is 0.0267. The Bertz CT molecular complexity index is 726. The fraction of sp³-hybridized carbons (Fsp3) is 0.556. The van der Waals surface area contributed by atoms with Crippen molar-refractivity contribution in [1.82, 2.24) is 0 Å². The predicted molar refractivity (Wildman–Crippen MR) is 120 cm³/mol. The summed E-state index contributed by atoms with van der Waals surface area (Å²) in [6.45, 7) is 13.5. The molecule has 1 aliphatic heterocycles. The summed E-state index contributed by atoms with van der Waals surface area (Å²) in [5, 5.41) is 0. The number of rotatable bonds is 3. The molecule has 2 aliphatic rings. The normalized spacial score (nSPS) is 35.5. The van der Waals surface area contributed by atoms with Gasteiger partial charge in [0.1, 0.15) is 0 Å². The van der Waals surface area contributed by atoms with Gasteiger partial charge in [0, 0.05) is 0 Å². The molecule has 0 N–H and O–H groups in total. The Morgan fingerprint density at radius 3 is 2.46 bits per heavy atom. The first-order valence-electron chi connectivity index (χ1n) is 11.1. The van der Waals surface area contributed by atoms with Crippen molar-refractivity contribution in [2.45, 2.75) is 84.3 Å². The number of allylic oxidation sites excluding steroid dienone is 5. The van der Waals surface area contributed by atoms with Gasteiger partial charge in [-0.3, -0.25) is 0 Å². The van der Waals surface area contributed by atoms with E-state index in [2.05, 4.69) is 76.8 Å². The number of hydrogen-bond donors (Lipinski definition) is 0. The van der Waals surface area contributed by atoms with E-state index in [1.807, 2.05) is 0 Å². The molecule has 1 nitrogen and oxygen atoms in total.